The van der Waals surface area contributed by atoms with Gasteiger partial charge in [0.05, 0.1) is 0 Å². The number of hydrogen-bond acceptors (Lipinski definition) is 2. The van der Waals surface area contributed by atoms with Crippen LogP contribution in [-0.2, 0) is 0 Å². The third-order valence-electron chi connectivity index (χ3n) is 2.94. The molecule has 0 aromatic heterocycles. The van der Waals surface area contributed by atoms with Crippen LogP contribution in [0.4, 0.5) is 5.69 Å². The standard InChI is InChI=1S/C14H24N2/c1-5-9-15-11-13(3)16(4)14-8-6-7-12(2)10-14/h6-8,10,13,15H,5,9,11H2,1-4H3. The van der Waals surface area contributed by atoms with Crippen molar-refractivity contribution in [2.45, 2.75) is 33.2 Å². The van der Waals surface area contributed by atoms with E-state index in [9.17, 15) is 0 Å². The van der Waals surface area contributed by atoms with Crippen molar-refractivity contribution >= 4 is 5.69 Å². The molecule has 1 N–H and O–H groups in total. The van der Waals surface area contributed by atoms with Gasteiger partial charge in [0, 0.05) is 25.3 Å². The number of anilines is 1. The van der Waals surface area contributed by atoms with E-state index in [-0.39, 0.29) is 0 Å². The van der Waals surface area contributed by atoms with Gasteiger partial charge in [-0.05, 0) is 44.5 Å². The molecule has 1 atom stereocenters. The second kappa shape index (κ2) is 6.54. The molecule has 0 spiro atoms. The molecule has 0 radical (unpaired) electrons. The zero-order valence-electron chi connectivity index (χ0n) is 11.0. The summed E-state index contributed by atoms with van der Waals surface area (Å²) in [6.45, 7) is 8.73. The number of rotatable bonds is 6. The minimum Gasteiger partial charge on any atom is -0.371 e. The van der Waals surface area contributed by atoms with Crippen LogP contribution >= 0.6 is 0 Å². The Balaban J connectivity index is 2.52. The van der Waals surface area contributed by atoms with Crippen molar-refractivity contribution in [3.63, 3.8) is 0 Å². The number of nitrogens with one attached hydrogen (secondary N) is 1. The summed E-state index contributed by atoms with van der Waals surface area (Å²) >= 11 is 0. The second-order valence-electron chi connectivity index (χ2n) is 4.50. The van der Waals surface area contributed by atoms with Crippen LogP contribution in [0.15, 0.2) is 24.3 Å². The zero-order chi connectivity index (χ0) is 12.0. The molecule has 0 aliphatic carbocycles. The van der Waals surface area contributed by atoms with Crippen LogP contribution in [0.2, 0.25) is 0 Å². The van der Waals surface area contributed by atoms with Gasteiger partial charge in [-0.1, -0.05) is 19.1 Å². The van der Waals surface area contributed by atoms with Crippen LogP contribution in [0.5, 0.6) is 0 Å². The van der Waals surface area contributed by atoms with Crippen molar-refractivity contribution in [2.75, 3.05) is 25.0 Å². The van der Waals surface area contributed by atoms with Gasteiger partial charge in [0.15, 0.2) is 0 Å². The first-order valence-corrected chi connectivity index (χ1v) is 6.15. The Morgan fingerprint density at radius 2 is 2.12 bits per heavy atom. The van der Waals surface area contributed by atoms with Crippen molar-refractivity contribution in [2.24, 2.45) is 0 Å². The Morgan fingerprint density at radius 3 is 2.75 bits per heavy atom. The van der Waals surface area contributed by atoms with Gasteiger partial charge in [-0.15, -0.1) is 0 Å². The number of benzene rings is 1. The summed E-state index contributed by atoms with van der Waals surface area (Å²) in [5, 5.41) is 3.46. The summed E-state index contributed by atoms with van der Waals surface area (Å²) in [5.74, 6) is 0. The molecule has 1 aromatic carbocycles. The predicted octanol–water partition coefficient (Wildman–Crippen LogP) is 2.82. The lowest BCUT2D eigenvalue weighted by Crippen LogP contribution is -2.38. The molecule has 0 saturated heterocycles. The van der Waals surface area contributed by atoms with E-state index in [1.54, 1.807) is 0 Å². The summed E-state index contributed by atoms with van der Waals surface area (Å²) < 4.78 is 0. The summed E-state index contributed by atoms with van der Waals surface area (Å²) in [4.78, 5) is 2.33. The molecule has 0 aliphatic rings. The normalized spacial score (nSPS) is 12.5. The molecule has 90 valence electrons. The average Bonchev–Trinajstić information content (AvgIpc) is 2.28. The highest BCUT2D eigenvalue weighted by molar-refractivity contribution is 5.48. The lowest BCUT2D eigenvalue weighted by atomic mass is 10.2. The van der Waals surface area contributed by atoms with E-state index in [1.165, 1.54) is 17.7 Å². The van der Waals surface area contributed by atoms with Crippen LogP contribution in [0.3, 0.4) is 0 Å². The molecule has 1 rings (SSSR count). The molecular weight excluding hydrogens is 196 g/mol. The quantitative estimate of drug-likeness (QED) is 0.742. The lowest BCUT2D eigenvalue weighted by Gasteiger charge is -2.27. The van der Waals surface area contributed by atoms with Gasteiger partial charge in [-0.3, -0.25) is 0 Å². The molecule has 1 unspecified atom stereocenters. The predicted molar refractivity (Wildman–Crippen MR) is 72.2 cm³/mol. The minimum absolute atomic E-state index is 0.522. The van der Waals surface area contributed by atoms with Gasteiger partial charge in [0.1, 0.15) is 0 Å². The fraction of sp³-hybridized carbons (Fsp3) is 0.571. The summed E-state index contributed by atoms with van der Waals surface area (Å²) in [7, 11) is 2.16. The van der Waals surface area contributed by atoms with Crippen LogP contribution in [-0.4, -0.2) is 26.2 Å². The fourth-order valence-electron chi connectivity index (χ4n) is 1.73. The Morgan fingerprint density at radius 1 is 1.38 bits per heavy atom. The van der Waals surface area contributed by atoms with Gasteiger partial charge in [0.2, 0.25) is 0 Å². The molecule has 0 fully saturated rings. The lowest BCUT2D eigenvalue weighted by molar-refractivity contribution is 0.582. The van der Waals surface area contributed by atoms with Crippen molar-refractivity contribution in [3.8, 4) is 0 Å². The highest BCUT2D eigenvalue weighted by atomic mass is 15.1. The average molecular weight is 220 g/mol. The molecule has 0 bridgehead atoms. The first-order chi connectivity index (χ1) is 7.65. The van der Waals surface area contributed by atoms with Gasteiger partial charge >= 0.3 is 0 Å². The number of hydrogen-bond donors (Lipinski definition) is 1. The highest BCUT2D eigenvalue weighted by Gasteiger charge is 2.08. The maximum atomic E-state index is 3.46. The molecular formula is C14H24N2. The Hall–Kier alpha value is -1.02. The maximum absolute atomic E-state index is 3.46. The smallest absolute Gasteiger partial charge is 0.0383 e. The summed E-state index contributed by atoms with van der Waals surface area (Å²) in [6.07, 6.45) is 1.20. The minimum atomic E-state index is 0.522. The SMILES string of the molecule is CCCNCC(C)N(C)c1cccc(C)c1. The number of likely N-dealkylation sites (N-methyl/N-ethyl adjacent to an activating group) is 1. The Bertz CT molecular complexity index is 309. The maximum Gasteiger partial charge on any atom is 0.0383 e. The topological polar surface area (TPSA) is 15.3 Å². The van der Waals surface area contributed by atoms with Crippen LogP contribution < -0.4 is 10.2 Å². The van der Waals surface area contributed by atoms with Crippen molar-refractivity contribution in [3.05, 3.63) is 29.8 Å². The third kappa shape index (κ3) is 3.86. The van der Waals surface area contributed by atoms with E-state index in [2.05, 4.69) is 62.3 Å². The molecule has 2 heteroatoms. The van der Waals surface area contributed by atoms with Crippen molar-refractivity contribution in [1.82, 2.24) is 5.32 Å². The zero-order valence-corrected chi connectivity index (χ0v) is 11.0. The van der Waals surface area contributed by atoms with Gasteiger partial charge in [-0.2, -0.15) is 0 Å². The molecule has 0 saturated carbocycles. The summed E-state index contributed by atoms with van der Waals surface area (Å²) in [5.41, 5.74) is 2.61. The fourth-order valence-corrected chi connectivity index (χ4v) is 1.73. The van der Waals surface area contributed by atoms with Crippen LogP contribution in [0, 0.1) is 6.92 Å². The van der Waals surface area contributed by atoms with Crippen molar-refractivity contribution < 1.29 is 0 Å². The Labute approximate surface area is 99.7 Å². The van der Waals surface area contributed by atoms with E-state index >= 15 is 0 Å². The van der Waals surface area contributed by atoms with Gasteiger partial charge in [-0.25, -0.2) is 0 Å². The van der Waals surface area contributed by atoms with E-state index < -0.39 is 0 Å². The van der Waals surface area contributed by atoms with E-state index in [1.807, 2.05) is 0 Å². The van der Waals surface area contributed by atoms with Crippen LogP contribution in [0.1, 0.15) is 25.8 Å². The third-order valence-corrected chi connectivity index (χ3v) is 2.94. The highest BCUT2D eigenvalue weighted by Crippen LogP contribution is 2.16. The summed E-state index contributed by atoms with van der Waals surface area (Å²) in [6, 6.07) is 9.18. The van der Waals surface area contributed by atoms with Crippen LogP contribution in [0.25, 0.3) is 0 Å². The van der Waals surface area contributed by atoms with E-state index in [0.717, 1.165) is 13.1 Å². The van der Waals surface area contributed by atoms with Gasteiger partial charge in [0.25, 0.3) is 0 Å². The number of nitrogens with zero attached hydrogens (tertiary/aromatic N) is 1. The second-order valence-corrected chi connectivity index (χ2v) is 4.50. The monoisotopic (exact) mass is 220 g/mol. The van der Waals surface area contributed by atoms with E-state index in [4.69, 9.17) is 0 Å². The van der Waals surface area contributed by atoms with E-state index in [0.29, 0.717) is 6.04 Å². The first kappa shape index (κ1) is 13.0. The molecule has 2 nitrogen and oxygen atoms in total. The Kier molecular flexibility index (Phi) is 5.33. The van der Waals surface area contributed by atoms with Crippen molar-refractivity contribution in [1.29, 1.82) is 0 Å². The largest absolute Gasteiger partial charge is 0.371 e. The molecule has 0 heterocycles. The number of aryl methyl sites for hydroxylation is 1. The molecule has 1 aromatic rings. The first-order valence-electron chi connectivity index (χ1n) is 6.15. The van der Waals surface area contributed by atoms with Gasteiger partial charge < -0.3 is 10.2 Å². The molecule has 0 amide bonds. The molecule has 0 aliphatic heterocycles. The molecule has 16 heavy (non-hydrogen) atoms.